The Labute approximate surface area is 84.6 Å². The first-order valence-corrected chi connectivity index (χ1v) is 5.28. The fourth-order valence-corrected chi connectivity index (χ4v) is 2.95. The molecule has 0 atom stereocenters. The molecule has 1 aromatic rings. The molecule has 0 radical (unpaired) electrons. The summed E-state index contributed by atoms with van der Waals surface area (Å²) in [4.78, 5) is 15.5. The third kappa shape index (κ3) is 1.37. The first-order valence-electron chi connectivity index (χ1n) is 4.47. The van der Waals surface area contributed by atoms with Gasteiger partial charge in [0.2, 0.25) is 0 Å². The van der Waals surface area contributed by atoms with E-state index in [1.807, 2.05) is 0 Å². The van der Waals surface area contributed by atoms with Gasteiger partial charge in [-0.05, 0) is 31.2 Å². The number of carbonyl (C=O) groups is 1. The third-order valence-electron chi connectivity index (χ3n) is 2.47. The number of nitrogen functional groups attached to an aromatic ring is 1. The lowest BCUT2D eigenvalue weighted by atomic mass is 9.98. The molecule has 5 heteroatoms. The number of carbonyl (C=O) groups excluding carboxylic acids is 1. The number of anilines is 1. The molecule has 0 aliphatic heterocycles. The third-order valence-corrected chi connectivity index (χ3v) is 3.76. The molecular formula is C9H10FNO2S. The molecule has 2 N–H and O–H groups in total. The molecule has 0 saturated heterocycles. The molecule has 1 aromatic heterocycles. The van der Waals surface area contributed by atoms with Gasteiger partial charge in [-0.25, -0.2) is 9.74 Å². The monoisotopic (exact) mass is 215 g/mol. The highest BCUT2D eigenvalue weighted by Crippen LogP contribution is 2.36. The van der Waals surface area contributed by atoms with Gasteiger partial charge in [0, 0.05) is 9.40 Å². The molecule has 0 bridgehead atoms. The Morgan fingerprint density at radius 2 is 2.14 bits per heavy atom. The van der Waals surface area contributed by atoms with Gasteiger partial charge in [-0.1, -0.05) is 0 Å². The molecule has 0 fully saturated rings. The number of aryl methyl sites for hydroxylation is 1. The normalized spacial score (nSPS) is 14.9. The smallest absolute Gasteiger partial charge is 0.391 e. The standard InChI is InChI=1S/C9H10FNO2S/c10-13-9(12)8-7(11)5-3-1-2-4-6(5)14-8/h1-4,11H2. The van der Waals surface area contributed by atoms with Gasteiger partial charge >= 0.3 is 5.97 Å². The Bertz CT molecular complexity index is 375. The molecule has 1 heterocycles. The van der Waals surface area contributed by atoms with Crippen LogP contribution in [-0.4, -0.2) is 5.97 Å². The first kappa shape index (κ1) is 9.45. The summed E-state index contributed by atoms with van der Waals surface area (Å²) in [5.74, 6) is -0.970. The fraction of sp³-hybridized carbons (Fsp3) is 0.444. The second kappa shape index (κ2) is 3.57. The summed E-state index contributed by atoms with van der Waals surface area (Å²) in [6.45, 7) is 0. The molecule has 0 saturated carbocycles. The zero-order chi connectivity index (χ0) is 10.1. The average Bonchev–Trinajstić information content (AvgIpc) is 2.56. The Morgan fingerprint density at radius 1 is 1.43 bits per heavy atom. The van der Waals surface area contributed by atoms with E-state index < -0.39 is 5.97 Å². The van der Waals surface area contributed by atoms with Crippen molar-refractivity contribution in [3.63, 3.8) is 0 Å². The van der Waals surface area contributed by atoms with Crippen LogP contribution in [0.1, 0.15) is 33.0 Å². The highest BCUT2D eigenvalue weighted by Gasteiger charge is 2.23. The van der Waals surface area contributed by atoms with E-state index in [4.69, 9.17) is 5.73 Å². The summed E-state index contributed by atoms with van der Waals surface area (Å²) in [6.07, 6.45) is 4.01. The van der Waals surface area contributed by atoms with Crippen LogP contribution in [0.4, 0.5) is 10.2 Å². The molecule has 0 aromatic carbocycles. The van der Waals surface area contributed by atoms with Crippen molar-refractivity contribution < 1.29 is 14.3 Å². The highest BCUT2D eigenvalue weighted by atomic mass is 32.1. The second-order valence-electron chi connectivity index (χ2n) is 3.32. The van der Waals surface area contributed by atoms with Crippen molar-refractivity contribution in [2.75, 3.05) is 5.73 Å². The molecule has 76 valence electrons. The lowest BCUT2D eigenvalue weighted by molar-refractivity contribution is -0.0782. The molecular weight excluding hydrogens is 205 g/mol. The van der Waals surface area contributed by atoms with E-state index in [0.717, 1.165) is 36.1 Å². The van der Waals surface area contributed by atoms with Crippen LogP contribution in [0.15, 0.2) is 0 Å². The number of rotatable bonds is 1. The van der Waals surface area contributed by atoms with E-state index in [1.165, 1.54) is 11.3 Å². The maximum absolute atomic E-state index is 11.7. The van der Waals surface area contributed by atoms with Crippen LogP contribution in [0.2, 0.25) is 0 Å². The minimum Gasteiger partial charge on any atom is -0.397 e. The molecule has 3 nitrogen and oxygen atoms in total. The summed E-state index contributed by atoms with van der Waals surface area (Å²) < 4.78 is 11.7. The van der Waals surface area contributed by atoms with E-state index in [2.05, 4.69) is 4.94 Å². The SMILES string of the molecule is Nc1c(C(=O)OF)sc2c1CCCC2. The van der Waals surface area contributed by atoms with Crippen molar-refractivity contribution in [2.24, 2.45) is 0 Å². The van der Waals surface area contributed by atoms with Crippen molar-refractivity contribution in [1.29, 1.82) is 0 Å². The van der Waals surface area contributed by atoms with E-state index in [9.17, 15) is 9.32 Å². The maximum atomic E-state index is 11.7. The number of fused-ring (bicyclic) bond motifs is 1. The van der Waals surface area contributed by atoms with Gasteiger partial charge in [0.25, 0.3) is 0 Å². The molecule has 0 spiro atoms. The van der Waals surface area contributed by atoms with Gasteiger partial charge in [0.1, 0.15) is 4.88 Å². The van der Waals surface area contributed by atoms with Crippen LogP contribution >= 0.6 is 11.3 Å². The van der Waals surface area contributed by atoms with Crippen molar-refractivity contribution in [3.8, 4) is 0 Å². The van der Waals surface area contributed by atoms with Crippen LogP contribution in [0.3, 0.4) is 0 Å². The van der Waals surface area contributed by atoms with E-state index in [0.29, 0.717) is 5.69 Å². The minimum atomic E-state index is -0.970. The van der Waals surface area contributed by atoms with Gasteiger partial charge < -0.3 is 5.73 Å². The van der Waals surface area contributed by atoms with E-state index in [1.54, 1.807) is 0 Å². The summed E-state index contributed by atoms with van der Waals surface area (Å²) >= 11 is 1.26. The topological polar surface area (TPSA) is 52.3 Å². The lowest BCUT2D eigenvalue weighted by Crippen LogP contribution is -2.03. The predicted octanol–water partition coefficient (Wildman–Crippen LogP) is 2.25. The largest absolute Gasteiger partial charge is 0.397 e. The highest BCUT2D eigenvalue weighted by molar-refractivity contribution is 7.14. The van der Waals surface area contributed by atoms with Crippen LogP contribution in [0.25, 0.3) is 0 Å². The molecule has 2 rings (SSSR count). The van der Waals surface area contributed by atoms with E-state index in [-0.39, 0.29) is 4.88 Å². The Balaban J connectivity index is 2.43. The Hall–Kier alpha value is -1.10. The number of thiophene rings is 1. The maximum Gasteiger partial charge on any atom is 0.391 e. The van der Waals surface area contributed by atoms with Crippen molar-refractivity contribution >= 4 is 23.0 Å². The van der Waals surface area contributed by atoms with E-state index >= 15 is 0 Å². The van der Waals surface area contributed by atoms with Gasteiger partial charge in [-0.15, -0.1) is 11.3 Å². The van der Waals surface area contributed by atoms with Crippen LogP contribution in [0.5, 0.6) is 0 Å². The minimum absolute atomic E-state index is 0.208. The van der Waals surface area contributed by atoms with Crippen molar-refractivity contribution in [2.45, 2.75) is 25.7 Å². The zero-order valence-electron chi connectivity index (χ0n) is 7.51. The summed E-state index contributed by atoms with van der Waals surface area (Å²) in [5.41, 5.74) is 7.17. The Kier molecular flexibility index (Phi) is 2.41. The van der Waals surface area contributed by atoms with Crippen molar-refractivity contribution in [3.05, 3.63) is 15.3 Å². The van der Waals surface area contributed by atoms with Gasteiger partial charge in [0.15, 0.2) is 0 Å². The lowest BCUT2D eigenvalue weighted by Gasteiger charge is -2.10. The second-order valence-corrected chi connectivity index (χ2v) is 4.42. The van der Waals surface area contributed by atoms with Crippen LogP contribution in [-0.2, 0) is 17.8 Å². The van der Waals surface area contributed by atoms with Gasteiger partial charge in [0.05, 0.1) is 5.69 Å². The zero-order valence-corrected chi connectivity index (χ0v) is 8.32. The Morgan fingerprint density at radius 3 is 2.79 bits per heavy atom. The van der Waals surface area contributed by atoms with Gasteiger partial charge in [-0.3, -0.25) is 0 Å². The quantitative estimate of drug-likeness (QED) is 0.781. The molecule has 14 heavy (non-hydrogen) atoms. The van der Waals surface area contributed by atoms with Crippen LogP contribution < -0.4 is 5.73 Å². The number of hydrogen-bond donors (Lipinski definition) is 1. The van der Waals surface area contributed by atoms with Gasteiger partial charge in [-0.2, -0.15) is 0 Å². The van der Waals surface area contributed by atoms with Crippen LogP contribution in [0, 0.1) is 0 Å². The average molecular weight is 215 g/mol. The fourth-order valence-electron chi connectivity index (χ4n) is 1.78. The molecule has 1 aliphatic rings. The summed E-state index contributed by atoms with van der Waals surface area (Å²) in [7, 11) is 0. The first-order chi connectivity index (χ1) is 6.74. The molecule has 0 unspecified atom stereocenters. The van der Waals surface area contributed by atoms with Crippen molar-refractivity contribution in [1.82, 2.24) is 0 Å². The number of halogens is 1. The number of nitrogens with two attached hydrogens (primary N) is 1. The summed E-state index contributed by atoms with van der Waals surface area (Å²) in [5, 5.41) is 0. The molecule has 0 amide bonds. The molecule has 1 aliphatic carbocycles. The number of hydrogen-bond acceptors (Lipinski definition) is 4. The summed E-state index contributed by atoms with van der Waals surface area (Å²) in [6, 6.07) is 0. The predicted molar refractivity (Wildman–Crippen MR) is 51.9 cm³/mol.